The van der Waals surface area contributed by atoms with Gasteiger partial charge in [-0.15, -0.1) is 0 Å². The van der Waals surface area contributed by atoms with Crippen LogP contribution in [0.4, 0.5) is 4.79 Å². The molecule has 2 aliphatic heterocycles. The van der Waals surface area contributed by atoms with Crippen LogP contribution in [0.2, 0.25) is 0 Å². The molecular formula is C21H27N3O3. The monoisotopic (exact) mass is 369 g/mol. The van der Waals surface area contributed by atoms with Gasteiger partial charge in [-0.3, -0.25) is 4.90 Å². The number of benzene rings is 1. The zero-order chi connectivity index (χ0) is 18.4. The molecule has 0 unspecified atom stereocenters. The second kappa shape index (κ2) is 6.93. The summed E-state index contributed by atoms with van der Waals surface area (Å²) in [6.45, 7) is 5.16. The lowest BCUT2D eigenvalue weighted by Crippen LogP contribution is -2.43. The Kier molecular flexibility index (Phi) is 4.42. The van der Waals surface area contributed by atoms with Crippen molar-refractivity contribution in [1.29, 1.82) is 0 Å². The number of nitrogens with zero attached hydrogens (tertiary/aromatic N) is 2. The van der Waals surface area contributed by atoms with Crippen molar-refractivity contribution in [2.45, 2.75) is 37.8 Å². The molecule has 27 heavy (non-hydrogen) atoms. The van der Waals surface area contributed by atoms with Crippen molar-refractivity contribution < 1.29 is 14.3 Å². The zero-order valence-corrected chi connectivity index (χ0v) is 15.9. The highest BCUT2D eigenvalue weighted by Gasteiger charge is 2.36. The Morgan fingerprint density at radius 3 is 3.00 bits per heavy atom. The van der Waals surface area contributed by atoms with Gasteiger partial charge in [0.05, 0.1) is 25.8 Å². The Hall–Kier alpha value is -1.89. The van der Waals surface area contributed by atoms with Crippen molar-refractivity contribution in [2.75, 3.05) is 40.0 Å². The number of ether oxygens (including phenoxy) is 2. The van der Waals surface area contributed by atoms with E-state index in [1.807, 2.05) is 4.57 Å². The molecule has 3 aliphatic rings. The predicted molar refractivity (Wildman–Crippen MR) is 103 cm³/mol. The fourth-order valence-electron chi connectivity index (χ4n) is 5.22. The molecule has 2 atom stereocenters. The first-order valence-corrected chi connectivity index (χ1v) is 10.0. The Morgan fingerprint density at radius 1 is 1.33 bits per heavy atom. The van der Waals surface area contributed by atoms with E-state index in [0.29, 0.717) is 12.0 Å². The SMILES string of the molecule is COC(=O)n1c(CN2CCOCC2)c2c3c(cccc31)[C@H]1CCCN[C@@H]1C2. The van der Waals surface area contributed by atoms with Gasteiger partial charge in [0, 0.05) is 42.7 Å². The molecule has 6 heteroatoms. The second-order valence-electron chi connectivity index (χ2n) is 7.87. The third-order valence-electron chi connectivity index (χ3n) is 6.48. The number of methoxy groups -OCH3 is 1. The smallest absolute Gasteiger partial charge is 0.418 e. The number of hydrogen-bond donors (Lipinski definition) is 1. The summed E-state index contributed by atoms with van der Waals surface area (Å²) in [5.74, 6) is 0.541. The van der Waals surface area contributed by atoms with E-state index in [1.54, 1.807) is 0 Å². The normalized spacial score (nSPS) is 25.4. The van der Waals surface area contributed by atoms with Crippen molar-refractivity contribution in [3.63, 3.8) is 0 Å². The number of carbonyl (C=O) groups is 1. The molecule has 1 aliphatic carbocycles. The average molecular weight is 369 g/mol. The van der Waals surface area contributed by atoms with Gasteiger partial charge in [0.15, 0.2) is 0 Å². The maximum Gasteiger partial charge on any atom is 0.418 e. The minimum Gasteiger partial charge on any atom is -0.452 e. The van der Waals surface area contributed by atoms with Crippen molar-refractivity contribution in [3.8, 4) is 0 Å². The highest BCUT2D eigenvalue weighted by Crippen LogP contribution is 2.43. The van der Waals surface area contributed by atoms with Gasteiger partial charge >= 0.3 is 6.09 Å². The van der Waals surface area contributed by atoms with E-state index in [2.05, 4.69) is 28.4 Å². The standard InChI is InChI=1S/C21H27N3O3/c1-26-21(25)24-18-6-2-4-15-14-5-3-7-22-17(14)12-16(20(15)18)19(24)13-23-8-10-27-11-9-23/h2,4,6,14,17,22H,3,5,7-13H2,1H3/t14-,17-/m1/s1. The molecule has 2 fully saturated rings. The Labute approximate surface area is 159 Å². The molecule has 1 aromatic carbocycles. The quantitative estimate of drug-likeness (QED) is 0.881. The third kappa shape index (κ3) is 2.78. The summed E-state index contributed by atoms with van der Waals surface area (Å²) in [5, 5.41) is 5.02. The lowest BCUT2D eigenvalue weighted by Gasteiger charge is -2.37. The van der Waals surface area contributed by atoms with E-state index in [9.17, 15) is 4.79 Å². The Morgan fingerprint density at radius 2 is 2.19 bits per heavy atom. The van der Waals surface area contributed by atoms with Crippen LogP contribution in [0.5, 0.6) is 0 Å². The van der Waals surface area contributed by atoms with Crippen LogP contribution in [0.3, 0.4) is 0 Å². The molecule has 1 aromatic heterocycles. The minimum atomic E-state index is -0.288. The largest absolute Gasteiger partial charge is 0.452 e. The molecule has 0 spiro atoms. The first-order chi connectivity index (χ1) is 13.3. The lowest BCUT2D eigenvalue weighted by atomic mass is 9.75. The molecule has 6 nitrogen and oxygen atoms in total. The van der Waals surface area contributed by atoms with E-state index < -0.39 is 0 Å². The number of carbonyl (C=O) groups excluding carboxylic acids is 1. The van der Waals surface area contributed by atoms with Gasteiger partial charge in [0.2, 0.25) is 0 Å². The molecule has 5 rings (SSSR count). The number of nitrogens with one attached hydrogen (secondary N) is 1. The highest BCUT2D eigenvalue weighted by atomic mass is 16.5. The molecule has 144 valence electrons. The maximum absolute atomic E-state index is 12.7. The third-order valence-corrected chi connectivity index (χ3v) is 6.48. The van der Waals surface area contributed by atoms with E-state index in [0.717, 1.165) is 57.0 Å². The van der Waals surface area contributed by atoms with E-state index in [-0.39, 0.29) is 6.09 Å². The van der Waals surface area contributed by atoms with Gasteiger partial charge in [0.25, 0.3) is 0 Å². The van der Waals surface area contributed by atoms with Crippen LogP contribution in [0.1, 0.15) is 35.6 Å². The van der Waals surface area contributed by atoms with Crippen molar-refractivity contribution in [1.82, 2.24) is 14.8 Å². The first-order valence-electron chi connectivity index (χ1n) is 10.0. The van der Waals surface area contributed by atoms with Crippen LogP contribution in [0, 0.1) is 0 Å². The molecule has 2 saturated heterocycles. The van der Waals surface area contributed by atoms with Crippen LogP contribution in [0.15, 0.2) is 18.2 Å². The van der Waals surface area contributed by atoms with E-state index in [1.165, 1.54) is 36.5 Å². The summed E-state index contributed by atoms with van der Waals surface area (Å²) in [4.78, 5) is 15.1. The van der Waals surface area contributed by atoms with E-state index in [4.69, 9.17) is 9.47 Å². The van der Waals surface area contributed by atoms with Gasteiger partial charge < -0.3 is 14.8 Å². The van der Waals surface area contributed by atoms with E-state index >= 15 is 0 Å². The first kappa shape index (κ1) is 17.2. The summed E-state index contributed by atoms with van der Waals surface area (Å²) in [5.41, 5.74) is 4.82. The van der Waals surface area contributed by atoms with Crippen molar-refractivity contribution >= 4 is 17.0 Å². The molecular weight excluding hydrogens is 342 g/mol. The number of aromatic nitrogens is 1. The zero-order valence-electron chi connectivity index (χ0n) is 15.9. The average Bonchev–Trinajstić information content (AvgIpc) is 3.03. The Balaban J connectivity index is 1.68. The van der Waals surface area contributed by atoms with Gasteiger partial charge in [-0.2, -0.15) is 0 Å². The molecule has 3 heterocycles. The van der Waals surface area contributed by atoms with Crippen LogP contribution < -0.4 is 5.32 Å². The fourth-order valence-corrected chi connectivity index (χ4v) is 5.22. The second-order valence-corrected chi connectivity index (χ2v) is 7.87. The number of fused-ring (bicyclic) bond motifs is 2. The number of rotatable bonds is 2. The van der Waals surface area contributed by atoms with Gasteiger partial charge in [-0.1, -0.05) is 12.1 Å². The van der Waals surface area contributed by atoms with Crippen LogP contribution in [0.25, 0.3) is 10.9 Å². The number of hydrogen-bond acceptors (Lipinski definition) is 5. The topological polar surface area (TPSA) is 55.7 Å². The predicted octanol–water partition coefficient (Wildman–Crippen LogP) is 2.48. The van der Waals surface area contributed by atoms with Crippen molar-refractivity contribution in [2.24, 2.45) is 0 Å². The van der Waals surface area contributed by atoms with Crippen LogP contribution in [-0.4, -0.2) is 61.6 Å². The summed E-state index contributed by atoms with van der Waals surface area (Å²) < 4.78 is 12.5. The van der Waals surface area contributed by atoms with Gasteiger partial charge in [0.1, 0.15) is 0 Å². The molecule has 0 bridgehead atoms. The summed E-state index contributed by atoms with van der Waals surface area (Å²) in [6, 6.07) is 6.89. The summed E-state index contributed by atoms with van der Waals surface area (Å²) >= 11 is 0. The van der Waals surface area contributed by atoms with Crippen LogP contribution in [-0.2, 0) is 22.4 Å². The lowest BCUT2D eigenvalue weighted by molar-refractivity contribution is 0.0331. The summed E-state index contributed by atoms with van der Waals surface area (Å²) in [7, 11) is 1.47. The van der Waals surface area contributed by atoms with Crippen LogP contribution >= 0.6 is 0 Å². The highest BCUT2D eigenvalue weighted by molar-refractivity contribution is 5.96. The number of piperidine rings is 1. The van der Waals surface area contributed by atoms with Crippen molar-refractivity contribution in [3.05, 3.63) is 35.0 Å². The molecule has 0 radical (unpaired) electrons. The fraction of sp³-hybridized carbons (Fsp3) is 0.571. The Bertz CT molecular complexity index is 869. The number of morpholine rings is 1. The summed E-state index contributed by atoms with van der Waals surface area (Å²) in [6.07, 6.45) is 3.13. The molecule has 2 aromatic rings. The van der Waals surface area contributed by atoms with Gasteiger partial charge in [-0.25, -0.2) is 9.36 Å². The molecule has 0 saturated carbocycles. The minimum absolute atomic E-state index is 0.288. The van der Waals surface area contributed by atoms with Gasteiger partial charge in [-0.05, 0) is 43.0 Å². The molecule has 1 N–H and O–H groups in total. The molecule has 0 amide bonds. The maximum atomic E-state index is 12.7.